The Labute approximate surface area is 93.9 Å². The minimum atomic E-state index is -0.605. The Hall–Kier alpha value is -0.120. The van der Waals surface area contributed by atoms with Gasteiger partial charge in [0, 0.05) is 25.2 Å². The molecule has 0 bridgehead atoms. The summed E-state index contributed by atoms with van der Waals surface area (Å²) in [4.78, 5) is 2.41. The number of likely N-dealkylation sites (tertiary alicyclic amines) is 1. The molecular formula is C12H26N2O. The highest BCUT2D eigenvalue weighted by Crippen LogP contribution is 2.20. The molecule has 0 radical (unpaired) electrons. The summed E-state index contributed by atoms with van der Waals surface area (Å²) in [6.45, 7) is 10.1. The van der Waals surface area contributed by atoms with Gasteiger partial charge < -0.3 is 15.3 Å². The molecule has 0 amide bonds. The Morgan fingerprint density at radius 3 is 2.53 bits per heavy atom. The van der Waals surface area contributed by atoms with Crippen LogP contribution in [0.4, 0.5) is 0 Å². The molecule has 3 nitrogen and oxygen atoms in total. The first-order valence-corrected chi connectivity index (χ1v) is 5.95. The van der Waals surface area contributed by atoms with Crippen molar-refractivity contribution in [1.82, 2.24) is 10.2 Å². The molecule has 0 aromatic carbocycles. The molecule has 3 atom stereocenters. The van der Waals surface area contributed by atoms with Crippen LogP contribution in [0.25, 0.3) is 0 Å². The topological polar surface area (TPSA) is 35.5 Å². The first kappa shape index (κ1) is 12.9. The maximum absolute atomic E-state index is 9.68. The second kappa shape index (κ2) is 4.81. The van der Waals surface area contributed by atoms with E-state index in [4.69, 9.17) is 0 Å². The molecular weight excluding hydrogens is 188 g/mol. The molecule has 1 aliphatic rings. The van der Waals surface area contributed by atoms with Crippen molar-refractivity contribution < 1.29 is 5.11 Å². The van der Waals surface area contributed by atoms with Gasteiger partial charge in [-0.1, -0.05) is 6.92 Å². The van der Waals surface area contributed by atoms with E-state index in [-0.39, 0.29) is 0 Å². The van der Waals surface area contributed by atoms with Gasteiger partial charge in [0.05, 0.1) is 5.60 Å². The van der Waals surface area contributed by atoms with Crippen molar-refractivity contribution in [2.24, 2.45) is 5.92 Å². The molecule has 0 aliphatic carbocycles. The second-order valence-corrected chi connectivity index (χ2v) is 5.80. The number of hydrogen-bond donors (Lipinski definition) is 2. The maximum Gasteiger partial charge on any atom is 0.0715 e. The van der Waals surface area contributed by atoms with Gasteiger partial charge in [0.1, 0.15) is 0 Å². The average Bonchev–Trinajstić information content (AvgIpc) is 2.07. The van der Waals surface area contributed by atoms with E-state index in [0.29, 0.717) is 24.5 Å². The molecule has 2 N–H and O–H groups in total. The van der Waals surface area contributed by atoms with E-state index in [1.165, 1.54) is 6.42 Å². The van der Waals surface area contributed by atoms with Crippen LogP contribution in [-0.2, 0) is 0 Å². The zero-order chi connectivity index (χ0) is 11.6. The SMILES string of the molecule is C[C@@H]1CN(C)[C@H](C)C[C@H]1NCC(C)(C)O. The Kier molecular flexibility index (Phi) is 4.15. The van der Waals surface area contributed by atoms with Crippen molar-refractivity contribution in [2.75, 3.05) is 20.1 Å². The molecule has 0 aromatic heterocycles. The molecule has 1 heterocycles. The molecule has 0 spiro atoms. The van der Waals surface area contributed by atoms with Gasteiger partial charge in [0.15, 0.2) is 0 Å². The highest BCUT2D eigenvalue weighted by atomic mass is 16.3. The van der Waals surface area contributed by atoms with Crippen LogP contribution in [0.15, 0.2) is 0 Å². The average molecular weight is 214 g/mol. The standard InChI is InChI=1S/C12H26N2O/c1-9-7-14(5)10(2)6-11(9)13-8-12(3,4)15/h9-11,13,15H,6-8H2,1-5H3/t9-,10-,11-/m1/s1. The summed E-state index contributed by atoms with van der Waals surface area (Å²) in [5.74, 6) is 0.661. The summed E-state index contributed by atoms with van der Waals surface area (Å²) in [6.07, 6.45) is 1.17. The van der Waals surface area contributed by atoms with Crippen LogP contribution in [0.5, 0.6) is 0 Å². The van der Waals surface area contributed by atoms with Crippen molar-refractivity contribution in [3.05, 3.63) is 0 Å². The van der Waals surface area contributed by atoms with Gasteiger partial charge >= 0.3 is 0 Å². The van der Waals surface area contributed by atoms with Crippen molar-refractivity contribution in [3.8, 4) is 0 Å². The molecule has 1 aliphatic heterocycles. The molecule has 1 saturated heterocycles. The second-order valence-electron chi connectivity index (χ2n) is 5.80. The number of piperidine rings is 1. The molecule has 15 heavy (non-hydrogen) atoms. The highest BCUT2D eigenvalue weighted by molar-refractivity contribution is 4.87. The minimum Gasteiger partial charge on any atom is -0.389 e. The van der Waals surface area contributed by atoms with Crippen LogP contribution < -0.4 is 5.32 Å². The number of rotatable bonds is 3. The third-order valence-corrected chi connectivity index (χ3v) is 3.41. The van der Waals surface area contributed by atoms with Crippen LogP contribution in [-0.4, -0.2) is 47.8 Å². The molecule has 0 saturated carbocycles. The van der Waals surface area contributed by atoms with Gasteiger partial charge in [-0.2, -0.15) is 0 Å². The first-order valence-electron chi connectivity index (χ1n) is 5.95. The third-order valence-electron chi connectivity index (χ3n) is 3.41. The Balaban J connectivity index is 2.41. The van der Waals surface area contributed by atoms with Crippen LogP contribution >= 0.6 is 0 Å². The summed E-state index contributed by atoms with van der Waals surface area (Å²) in [5.41, 5.74) is -0.605. The lowest BCUT2D eigenvalue weighted by atomic mass is 9.89. The fraction of sp³-hybridized carbons (Fsp3) is 1.00. The zero-order valence-electron chi connectivity index (χ0n) is 10.7. The summed E-state index contributed by atoms with van der Waals surface area (Å²) in [5, 5.41) is 13.2. The van der Waals surface area contributed by atoms with Crippen molar-refractivity contribution in [1.29, 1.82) is 0 Å². The van der Waals surface area contributed by atoms with Gasteiger partial charge in [0.2, 0.25) is 0 Å². The smallest absolute Gasteiger partial charge is 0.0715 e. The monoisotopic (exact) mass is 214 g/mol. The largest absolute Gasteiger partial charge is 0.389 e. The summed E-state index contributed by atoms with van der Waals surface area (Å²) in [6, 6.07) is 1.18. The summed E-state index contributed by atoms with van der Waals surface area (Å²) < 4.78 is 0. The molecule has 90 valence electrons. The Morgan fingerprint density at radius 2 is 2.00 bits per heavy atom. The van der Waals surface area contributed by atoms with Crippen LogP contribution in [0.2, 0.25) is 0 Å². The van der Waals surface area contributed by atoms with E-state index in [1.54, 1.807) is 0 Å². The molecule has 1 rings (SSSR count). The molecule has 0 aromatic rings. The minimum absolute atomic E-state index is 0.544. The first-order chi connectivity index (χ1) is 6.79. The van der Waals surface area contributed by atoms with Crippen molar-refractivity contribution in [2.45, 2.75) is 51.8 Å². The number of nitrogens with one attached hydrogen (secondary N) is 1. The van der Waals surface area contributed by atoms with Gasteiger partial charge in [0.25, 0.3) is 0 Å². The lowest BCUT2D eigenvalue weighted by molar-refractivity contribution is 0.0602. The highest BCUT2D eigenvalue weighted by Gasteiger charge is 2.29. The van der Waals surface area contributed by atoms with Gasteiger partial charge in [-0.15, -0.1) is 0 Å². The fourth-order valence-electron chi connectivity index (χ4n) is 2.21. The predicted molar refractivity (Wildman–Crippen MR) is 64.0 cm³/mol. The zero-order valence-corrected chi connectivity index (χ0v) is 10.7. The van der Waals surface area contributed by atoms with E-state index >= 15 is 0 Å². The van der Waals surface area contributed by atoms with Gasteiger partial charge in [-0.3, -0.25) is 0 Å². The van der Waals surface area contributed by atoms with Crippen molar-refractivity contribution in [3.63, 3.8) is 0 Å². The van der Waals surface area contributed by atoms with Crippen molar-refractivity contribution >= 4 is 0 Å². The van der Waals surface area contributed by atoms with Gasteiger partial charge in [-0.05, 0) is 40.2 Å². The quantitative estimate of drug-likeness (QED) is 0.738. The van der Waals surface area contributed by atoms with E-state index in [1.807, 2.05) is 13.8 Å². The maximum atomic E-state index is 9.68. The Bertz CT molecular complexity index is 200. The predicted octanol–water partition coefficient (Wildman–Crippen LogP) is 1.08. The van der Waals surface area contributed by atoms with Crippen LogP contribution in [0, 0.1) is 5.92 Å². The number of hydrogen-bond acceptors (Lipinski definition) is 3. The summed E-state index contributed by atoms with van der Waals surface area (Å²) in [7, 11) is 2.19. The molecule has 0 unspecified atom stereocenters. The van der Waals surface area contributed by atoms with Crippen LogP contribution in [0.3, 0.4) is 0 Å². The molecule has 3 heteroatoms. The van der Waals surface area contributed by atoms with E-state index < -0.39 is 5.60 Å². The number of aliphatic hydroxyl groups is 1. The fourth-order valence-corrected chi connectivity index (χ4v) is 2.21. The lowest BCUT2D eigenvalue weighted by Crippen LogP contribution is -2.53. The normalized spacial score (nSPS) is 34.4. The van der Waals surface area contributed by atoms with E-state index in [2.05, 4.69) is 31.1 Å². The number of nitrogens with zero attached hydrogens (tertiary/aromatic N) is 1. The summed E-state index contributed by atoms with van der Waals surface area (Å²) >= 11 is 0. The van der Waals surface area contributed by atoms with E-state index in [9.17, 15) is 5.11 Å². The van der Waals surface area contributed by atoms with Gasteiger partial charge in [-0.25, -0.2) is 0 Å². The Morgan fingerprint density at radius 1 is 1.40 bits per heavy atom. The van der Waals surface area contributed by atoms with E-state index in [0.717, 1.165) is 6.54 Å². The van der Waals surface area contributed by atoms with Crippen LogP contribution in [0.1, 0.15) is 34.1 Å². The lowest BCUT2D eigenvalue weighted by Gasteiger charge is -2.40. The third kappa shape index (κ3) is 4.09. The molecule has 1 fully saturated rings.